The van der Waals surface area contributed by atoms with Gasteiger partial charge in [-0.05, 0) is 44.4 Å². The molecule has 9 heteroatoms. The number of amides is 1. The third-order valence-corrected chi connectivity index (χ3v) is 6.35. The number of thioether (sulfide) groups is 1. The van der Waals surface area contributed by atoms with Crippen LogP contribution in [0.1, 0.15) is 38.3 Å². The van der Waals surface area contributed by atoms with Crippen LogP contribution in [-0.2, 0) is 9.53 Å². The normalized spacial score (nSPS) is 18.9. The van der Waals surface area contributed by atoms with Crippen LogP contribution in [0.4, 0.5) is 9.52 Å². The molecule has 6 nitrogen and oxygen atoms in total. The molecule has 2 aromatic rings. The lowest BCUT2D eigenvalue weighted by atomic mass is 10.1. The lowest BCUT2D eigenvalue weighted by Gasteiger charge is -2.17. The Kier molecular flexibility index (Phi) is 7.03. The van der Waals surface area contributed by atoms with Gasteiger partial charge in [-0.15, -0.1) is 10.2 Å². The van der Waals surface area contributed by atoms with Gasteiger partial charge in [-0.25, -0.2) is 4.39 Å². The molecule has 3 rings (SSSR count). The first kappa shape index (κ1) is 20.0. The zero-order valence-electron chi connectivity index (χ0n) is 15.3. The van der Waals surface area contributed by atoms with E-state index in [4.69, 9.17) is 4.74 Å². The molecule has 1 saturated heterocycles. The summed E-state index contributed by atoms with van der Waals surface area (Å²) in [6, 6.07) is 5.94. The van der Waals surface area contributed by atoms with Crippen molar-refractivity contribution in [3.63, 3.8) is 0 Å². The number of aromatic nitrogens is 2. The molecule has 2 N–H and O–H groups in total. The average molecular weight is 411 g/mol. The second-order valence-corrected chi connectivity index (χ2v) is 9.00. The van der Waals surface area contributed by atoms with Crippen molar-refractivity contribution in [3.05, 3.63) is 35.6 Å². The highest BCUT2D eigenvalue weighted by Gasteiger charge is 2.20. The topological polar surface area (TPSA) is 76.1 Å². The fraction of sp³-hybridized carbons (Fsp3) is 0.500. The van der Waals surface area contributed by atoms with Crippen LogP contribution in [0.3, 0.4) is 0 Å². The van der Waals surface area contributed by atoms with Gasteiger partial charge in [0.25, 0.3) is 0 Å². The van der Waals surface area contributed by atoms with Crippen LogP contribution in [0, 0.1) is 5.82 Å². The Balaban J connectivity index is 1.46. The highest BCUT2D eigenvalue weighted by atomic mass is 32.2. The Bertz CT molecular complexity index is 750. The molecule has 0 unspecified atom stereocenters. The minimum atomic E-state index is -0.313. The van der Waals surface area contributed by atoms with Gasteiger partial charge in [0.1, 0.15) is 5.82 Å². The van der Waals surface area contributed by atoms with Gasteiger partial charge in [-0.2, -0.15) is 0 Å². The van der Waals surface area contributed by atoms with E-state index in [2.05, 4.69) is 20.8 Å². The quantitative estimate of drug-likeness (QED) is 0.648. The standard InChI is InChI=1S/C18H23FN4O2S2/c1-11(13-5-7-14(19)8-6-13)21-16(24)12(2)26-18-23-22-17(27-18)20-10-15-4-3-9-25-15/h5-8,11-12,15H,3-4,9-10H2,1-2H3,(H,20,22)(H,21,24)/t11-,12+,15-/m0/s1. The summed E-state index contributed by atoms with van der Waals surface area (Å²) in [5.41, 5.74) is 0.860. The highest BCUT2D eigenvalue weighted by molar-refractivity contribution is 8.02. The Morgan fingerprint density at radius 3 is 2.85 bits per heavy atom. The summed E-state index contributed by atoms with van der Waals surface area (Å²) >= 11 is 2.80. The predicted octanol–water partition coefficient (Wildman–Crippen LogP) is 3.63. The summed E-state index contributed by atoms with van der Waals surface area (Å²) in [5.74, 6) is -0.387. The fourth-order valence-corrected chi connectivity index (χ4v) is 4.62. The molecule has 146 valence electrons. The summed E-state index contributed by atoms with van der Waals surface area (Å²) in [4.78, 5) is 12.4. The van der Waals surface area contributed by atoms with E-state index in [0.717, 1.165) is 41.0 Å². The number of hydrogen-bond acceptors (Lipinski definition) is 7. The molecule has 1 fully saturated rings. The zero-order chi connectivity index (χ0) is 19.2. The molecule has 2 heterocycles. The molecule has 1 amide bonds. The predicted molar refractivity (Wildman–Crippen MR) is 106 cm³/mol. The third kappa shape index (κ3) is 5.88. The van der Waals surface area contributed by atoms with Gasteiger partial charge in [0.05, 0.1) is 17.4 Å². The Hall–Kier alpha value is -1.71. The second-order valence-electron chi connectivity index (χ2n) is 6.43. The molecule has 3 atom stereocenters. The summed E-state index contributed by atoms with van der Waals surface area (Å²) < 4.78 is 19.3. The summed E-state index contributed by atoms with van der Waals surface area (Å²) in [5, 5.41) is 14.9. The van der Waals surface area contributed by atoms with E-state index < -0.39 is 0 Å². The van der Waals surface area contributed by atoms with Gasteiger partial charge in [0, 0.05) is 13.2 Å². The first-order valence-electron chi connectivity index (χ1n) is 8.92. The minimum Gasteiger partial charge on any atom is -0.376 e. The average Bonchev–Trinajstić information content (AvgIpc) is 3.32. The Morgan fingerprint density at radius 1 is 1.37 bits per heavy atom. The molecule has 1 aromatic heterocycles. The molecular weight excluding hydrogens is 387 g/mol. The van der Waals surface area contributed by atoms with Crippen LogP contribution in [0.15, 0.2) is 28.6 Å². The Labute approximate surface area is 166 Å². The number of nitrogens with zero attached hydrogens (tertiary/aromatic N) is 2. The zero-order valence-corrected chi connectivity index (χ0v) is 16.9. The molecule has 0 saturated carbocycles. The van der Waals surface area contributed by atoms with Crippen molar-refractivity contribution >= 4 is 34.1 Å². The number of halogens is 1. The fourth-order valence-electron chi connectivity index (χ4n) is 2.71. The lowest BCUT2D eigenvalue weighted by molar-refractivity contribution is -0.120. The first-order valence-corrected chi connectivity index (χ1v) is 10.6. The van der Waals surface area contributed by atoms with Crippen molar-refractivity contribution in [2.45, 2.75) is 48.4 Å². The van der Waals surface area contributed by atoms with Gasteiger partial charge in [-0.3, -0.25) is 4.79 Å². The van der Waals surface area contributed by atoms with Crippen LogP contribution in [-0.4, -0.2) is 40.6 Å². The molecule has 0 spiro atoms. The molecule has 0 bridgehead atoms. The number of hydrogen-bond donors (Lipinski definition) is 2. The van der Waals surface area contributed by atoms with Crippen LogP contribution in [0.2, 0.25) is 0 Å². The van der Waals surface area contributed by atoms with Crippen molar-refractivity contribution in [3.8, 4) is 0 Å². The van der Waals surface area contributed by atoms with Crippen molar-refractivity contribution in [1.29, 1.82) is 0 Å². The number of rotatable bonds is 8. The monoisotopic (exact) mass is 410 g/mol. The van der Waals surface area contributed by atoms with Gasteiger partial charge in [-0.1, -0.05) is 35.2 Å². The molecule has 1 aliphatic heterocycles. The molecule has 1 aliphatic rings. The maximum Gasteiger partial charge on any atom is 0.233 e. The van der Waals surface area contributed by atoms with Crippen molar-refractivity contribution in [1.82, 2.24) is 15.5 Å². The molecule has 0 radical (unpaired) electrons. The largest absolute Gasteiger partial charge is 0.376 e. The van der Waals surface area contributed by atoms with Gasteiger partial charge in [0.2, 0.25) is 11.0 Å². The maximum atomic E-state index is 13.0. The smallest absolute Gasteiger partial charge is 0.233 e. The SMILES string of the molecule is C[C@H](NC(=O)[C@@H](C)Sc1nnc(NC[C@@H]2CCCO2)s1)c1ccc(F)cc1. The van der Waals surface area contributed by atoms with E-state index >= 15 is 0 Å². The van der Waals surface area contributed by atoms with Crippen molar-refractivity contribution in [2.75, 3.05) is 18.5 Å². The number of carbonyl (C=O) groups is 1. The number of anilines is 1. The van der Waals surface area contributed by atoms with E-state index in [-0.39, 0.29) is 29.1 Å². The number of nitrogens with one attached hydrogen (secondary N) is 2. The van der Waals surface area contributed by atoms with Gasteiger partial charge in [0.15, 0.2) is 4.34 Å². The van der Waals surface area contributed by atoms with E-state index in [0.29, 0.717) is 0 Å². The van der Waals surface area contributed by atoms with E-state index in [9.17, 15) is 9.18 Å². The highest BCUT2D eigenvalue weighted by Crippen LogP contribution is 2.29. The van der Waals surface area contributed by atoms with Crippen molar-refractivity contribution in [2.24, 2.45) is 0 Å². The van der Waals surface area contributed by atoms with Crippen LogP contribution < -0.4 is 10.6 Å². The summed E-state index contributed by atoms with van der Waals surface area (Å²) in [7, 11) is 0. The van der Waals surface area contributed by atoms with Crippen LogP contribution >= 0.6 is 23.1 Å². The molecule has 0 aliphatic carbocycles. The second kappa shape index (κ2) is 9.48. The van der Waals surface area contributed by atoms with Gasteiger partial charge < -0.3 is 15.4 Å². The van der Waals surface area contributed by atoms with Gasteiger partial charge >= 0.3 is 0 Å². The lowest BCUT2D eigenvalue weighted by Crippen LogP contribution is -2.33. The number of carbonyl (C=O) groups excluding carboxylic acids is 1. The first-order chi connectivity index (χ1) is 13.0. The molecule has 27 heavy (non-hydrogen) atoms. The van der Waals surface area contributed by atoms with E-state index in [1.807, 2.05) is 13.8 Å². The maximum absolute atomic E-state index is 13.0. The van der Waals surface area contributed by atoms with Crippen LogP contribution in [0.25, 0.3) is 0 Å². The van der Waals surface area contributed by atoms with E-state index in [1.165, 1.54) is 35.2 Å². The number of ether oxygens (including phenoxy) is 1. The third-order valence-electron chi connectivity index (χ3n) is 4.29. The molecule has 1 aromatic carbocycles. The van der Waals surface area contributed by atoms with E-state index in [1.54, 1.807) is 12.1 Å². The Morgan fingerprint density at radius 2 is 2.15 bits per heavy atom. The van der Waals surface area contributed by atoms with Crippen LogP contribution in [0.5, 0.6) is 0 Å². The summed E-state index contributed by atoms with van der Waals surface area (Å²) in [6.07, 6.45) is 2.41. The summed E-state index contributed by atoms with van der Waals surface area (Å²) in [6.45, 7) is 5.26. The number of benzene rings is 1. The molecular formula is C18H23FN4O2S2. The minimum absolute atomic E-state index is 0.0964. The van der Waals surface area contributed by atoms with Crippen molar-refractivity contribution < 1.29 is 13.9 Å².